The number of halogens is 3. The summed E-state index contributed by atoms with van der Waals surface area (Å²) in [4.78, 5) is 28.6. The lowest BCUT2D eigenvalue weighted by atomic mass is 9.67. The van der Waals surface area contributed by atoms with Gasteiger partial charge < -0.3 is 10.0 Å². The maximum absolute atomic E-state index is 14.7. The van der Waals surface area contributed by atoms with Gasteiger partial charge in [-0.2, -0.15) is 0 Å². The number of carboxylic acid groups (broad SMARTS) is 1. The minimum absolute atomic E-state index is 0.0379. The molecule has 1 aliphatic heterocycles. The highest BCUT2D eigenvalue weighted by Crippen LogP contribution is 2.54. The first-order chi connectivity index (χ1) is 20.8. The molecule has 2 fully saturated rings. The topological polar surface area (TPSA) is 95.0 Å². The number of carbonyl (C=O) groups excluding carboxylic acids is 1. The molecule has 5 rings (SSSR count). The molecule has 0 radical (unpaired) electrons. The summed E-state index contributed by atoms with van der Waals surface area (Å²) in [5, 5.41) is 11.0. The number of nitrogens with zero attached hydrogens (tertiary/aromatic N) is 2. The van der Waals surface area contributed by atoms with Crippen LogP contribution >= 0.6 is 23.2 Å². The predicted molar refractivity (Wildman–Crippen MR) is 170 cm³/mol. The van der Waals surface area contributed by atoms with E-state index in [1.807, 2.05) is 30.3 Å². The van der Waals surface area contributed by atoms with Crippen LogP contribution in [0.3, 0.4) is 0 Å². The van der Waals surface area contributed by atoms with Crippen LogP contribution in [-0.4, -0.2) is 48.6 Å². The van der Waals surface area contributed by atoms with E-state index in [1.165, 1.54) is 35.5 Å². The normalized spacial score (nSPS) is 22.9. The summed E-state index contributed by atoms with van der Waals surface area (Å²) in [5.41, 5.74) is 0.503. The number of anilines is 1. The van der Waals surface area contributed by atoms with E-state index in [0.29, 0.717) is 10.0 Å². The molecule has 2 unspecified atom stereocenters. The fourth-order valence-electron chi connectivity index (χ4n) is 6.53. The second kappa shape index (κ2) is 12.7. The molecule has 44 heavy (non-hydrogen) atoms. The molecule has 3 aromatic carbocycles. The lowest BCUT2D eigenvalue weighted by molar-refractivity contribution is -0.160. The van der Waals surface area contributed by atoms with Crippen molar-refractivity contribution in [3.63, 3.8) is 0 Å². The zero-order valence-electron chi connectivity index (χ0n) is 24.5. The van der Waals surface area contributed by atoms with E-state index in [-0.39, 0.29) is 42.1 Å². The van der Waals surface area contributed by atoms with Gasteiger partial charge in [0.05, 0.1) is 41.9 Å². The molecular formula is C33H35Cl2FN2O5S. The highest BCUT2D eigenvalue weighted by Gasteiger charge is 2.55. The lowest BCUT2D eigenvalue weighted by Crippen LogP contribution is -2.59. The van der Waals surface area contributed by atoms with E-state index in [9.17, 15) is 27.5 Å². The standard InChI is InChI=1S/C33H35Cl2FN2O5S/c1-3-44(42,43)37(27-9-5-8-26(36)17-27)20-29(21-10-11-21)38-31(22-12-14-24(34)15-13-22)28(23-6-4-7-25(35)16-23)18-33(2,32(38)41)19-30(39)40/h4-9,12-17,21,28-29,31H,3,10-11,18-20H2,1-2H3,(H,39,40)/t28?,29-,31?,33-/m1/s1. The molecule has 1 saturated carbocycles. The number of amides is 1. The van der Waals surface area contributed by atoms with Gasteiger partial charge in [-0.1, -0.05) is 60.5 Å². The van der Waals surface area contributed by atoms with E-state index >= 15 is 0 Å². The maximum Gasteiger partial charge on any atom is 0.304 e. The van der Waals surface area contributed by atoms with Crippen molar-refractivity contribution in [3.05, 3.63) is 99.8 Å². The fraction of sp³-hybridized carbons (Fsp3) is 0.394. The average molecular weight is 662 g/mol. The van der Waals surface area contributed by atoms with Crippen molar-refractivity contribution in [2.24, 2.45) is 11.3 Å². The molecule has 2 aliphatic rings. The van der Waals surface area contributed by atoms with Crippen LogP contribution in [0.25, 0.3) is 0 Å². The number of likely N-dealkylation sites (tertiary alicyclic amines) is 1. The fourth-order valence-corrected chi connectivity index (χ4v) is 7.98. The first kappa shape index (κ1) is 32.3. The molecule has 11 heteroatoms. The summed E-state index contributed by atoms with van der Waals surface area (Å²) >= 11 is 12.7. The number of piperidine rings is 1. The number of carbonyl (C=O) groups is 2. The van der Waals surface area contributed by atoms with Crippen LogP contribution in [-0.2, 0) is 19.6 Å². The van der Waals surface area contributed by atoms with Crippen molar-refractivity contribution < 1.29 is 27.5 Å². The number of hydrogen-bond donors (Lipinski definition) is 1. The van der Waals surface area contributed by atoms with Crippen molar-refractivity contribution in [1.82, 2.24) is 4.90 Å². The molecule has 3 aromatic rings. The highest BCUT2D eigenvalue weighted by atomic mass is 35.5. The molecule has 1 aliphatic carbocycles. The predicted octanol–water partition coefficient (Wildman–Crippen LogP) is 7.31. The van der Waals surface area contributed by atoms with Crippen LogP contribution in [0.1, 0.15) is 62.6 Å². The van der Waals surface area contributed by atoms with Gasteiger partial charge in [0.15, 0.2) is 0 Å². The Hall–Kier alpha value is -3.14. The highest BCUT2D eigenvalue weighted by molar-refractivity contribution is 7.92. The number of sulfonamides is 1. The van der Waals surface area contributed by atoms with Gasteiger partial charge in [-0.3, -0.25) is 13.9 Å². The van der Waals surface area contributed by atoms with Gasteiger partial charge in [0.2, 0.25) is 15.9 Å². The van der Waals surface area contributed by atoms with Crippen LogP contribution in [0.15, 0.2) is 72.8 Å². The quantitative estimate of drug-likeness (QED) is 0.233. The molecule has 1 amide bonds. The third-order valence-electron chi connectivity index (χ3n) is 8.80. The molecule has 1 N–H and O–H groups in total. The zero-order chi connectivity index (χ0) is 31.8. The minimum atomic E-state index is -3.89. The number of carboxylic acids is 1. The van der Waals surface area contributed by atoms with E-state index in [2.05, 4.69) is 0 Å². The van der Waals surface area contributed by atoms with Crippen LogP contribution < -0.4 is 4.31 Å². The third kappa shape index (κ3) is 6.75. The number of aliphatic carboxylic acids is 1. The van der Waals surface area contributed by atoms with Gasteiger partial charge in [0.1, 0.15) is 5.82 Å². The van der Waals surface area contributed by atoms with Crippen molar-refractivity contribution in [3.8, 4) is 0 Å². The van der Waals surface area contributed by atoms with Gasteiger partial charge >= 0.3 is 5.97 Å². The molecule has 0 spiro atoms. The lowest BCUT2D eigenvalue weighted by Gasteiger charge is -2.52. The van der Waals surface area contributed by atoms with Crippen molar-refractivity contribution in [2.75, 3.05) is 16.6 Å². The molecule has 1 heterocycles. The number of benzene rings is 3. The summed E-state index contributed by atoms with van der Waals surface area (Å²) in [6, 6.07) is 18.7. The van der Waals surface area contributed by atoms with Crippen LogP contribution in [0.5, 0.6) is 0 Å². The molecular weight excluding hydrogens is 626 g/mol. The van der Waals surface area contributed by atoms with Gasteiger partial charge in [0.25, 0.3) is 0 Å². The van der Waals surface area contributed by atoms with E-state index < -0.39 is 45.7 Å². The molecule has 234 valence electrons. The molecule has 0 bridgehead atoms. The van der Waals surface area contributed by atoms with Crippen molar-refractivity contribution in [1.29, 1.82) is 0 Å². The Labute approximate surface area is 267 Å². The van der Waals surface area contributed by atoms with Crippen molar-refractivity contribution in [2.45, 2.75) is 57.5 Å². The third-order valence-corrected chi connectivity index (χ3v) is 11.1. The Morgan fingerprint density at radius 2 is 1.73 bits per heavy atom. The summed E-state index contributed by atoms with van der Waals surface area (Å²) < 4.78 is 42.7. The van der Waals surface area contributed by atoms with Crippen molar-refractivity contribution >= 4 is 50.8 Å². The van der Waals surface area contributed by atoms with E-state index in [1.54, 1.807) is 30.0 Å². The zero-order valence-corrected chi connectivity index (χ0v) is 26.8. The largest absolute Gasteiger partial charge is 0.481 e. The van der Waals surface area contributed by atoms with Gasteiger partial charge in [-0.15, -0.1) is 0 Å². The second-order valence-electron chi connectivity index (χ2n) is 12.0. The Balaban J connectivity index is 1.71. The monoisotopic (exact) mass is 660 g/mol. The Bertz CT molecular complexity index is 1650. The maximum atomic E-state index is 14.7. The first-order valence-electron chi connectivity index (χ1n) is 14.6. The Morgan fingerprint density at radius 3 is 2.32 bits per heavy atom. The molecule has 7 nitrogen and oxygen atoms in total. The summed E-state index contributed by atoms with van der Waals surface area (Å²) in [6.07, 6.45) is 1.37. The summed E-state index contributed by atoms with van der Waals surface area (Å²) in [5.74, 6) is -2.67. The smallest absolute Gasteiger partial charge is 0.304 e. The summed E-state index contributed by atoms with van der Waals surface area (Å²) in [7, 11) is -3.89. The van der Waals surface area contributed by atoms with E-state index in [0.717, 1.165) is 24.0 Å². The number of hydrogen-bond acceptors (Lipinski definition) is 4. The average Bonchev–Trinajstić information content (AvgIpc) is 3.81. The van der Waals surface area contributed by atoms with Gasteiger partial charge in [-0.25, -0.2) is 12.8 Å². The van der Waals surface area contributed by atoms with Crippen LogP contribution in [0.2, 0.25) is 10.0 Å². The van der Waals surface area contributed by atoms with E-state index in [4.69, 9.17) is 23.2 Å². The second-order valence-corrected chi connectivity index (χ2v) is 15.1. The van der Waals surface area contributed by atoms with Gasteiger partial charge in [0, 0.05) is 16.0 Å². The molecule has 0 aromatic heterocycles. The van der Waals surface area contributed by atoms with Gasteiger partial charge in [-0.05, 0) is 85.7 Å². The Morgan fingerprint density at radius 1 is 1.05 bits per heavy atom. The molecule has 1 saturated heterocycles. The minimum Gasteiger partial charge on any atom is -0.481 e. The summed E-state index contributed by atoms with van der Waals surface area (Å²) in [6.45, 7) is 3.09. The molecule has 4 atom stereocenters. The van der Waals surface area contributed by atoms with Crippen LogP contribution in [0, 0.1) is 17.2 Å². The number of rotatable bonds is 11. The first-order valence-corrected chi connectivity index (χ1v) is 17.0. The SMILES string of the molecule is CCS(=O)(=O)N(C[C@H](C1CC1)N1C(=O)[C@@](C)(CC(=O)O)CC(c2cccc(Cl)c2)C1c1ccc(Cl)cc1)c1cccc(F)c1. The van der Waals surface area contributed by atoms with Crippen LogP contribution in [0.4, 0.5) is 10.1 Å². The Kier molecular flexibility index (Phi) is 9.31.